The number of aromatic amines is 1. The molecular weight excluding hydrogens is 256 g/mol. The number of H-pyrrole nitrogens is 1. The number of aromatic nitrogens is 3. The van der Waals surface area contributed by atoms with Crippen molar-refractivity contribution in [2.45, 2.75) is 20.3 Å². The molecule has 2 N–H and O–H groups in total. The third kappa shape index (κ3) is 3.34. The summed E-state index contributed by atoms with van der Waals surface area (Å²) in [7, 11) is 0. The first-order valence-electron chi connectivity index (χ1n) is 6.61. The SMILES string of the molecule is CC(C)CCNC(=O)c1nn(-c2ccccc2)c(=O)[nH]1. The summed E-state index contributed by atoms with van der Waals surface area (Å²) in [5.41, 5.74) is 0.195. The Morgan fingerprint density at radius 1 is 1.35 bits per heavy atom. The number of rotatable bonds is 5. The van der Waals surface area contributed by atoms with E-state index in [1.807, 2.05) is 6.07 Å². The summed E-state index contributed by atoms with van der Waals surface area (Å²) in [6, 6.07) is 8.96. The molecule has 1 heterocycles. The van der Waals surface area contributed by atoms with Crippen molar-refractivity contribution in [1.29, 1.82) is 0 Å². The van der Waals surface area contributed by atoms with Gasteiger partial charge in [-0.2, -0.15) is 4.68 Å². The second kappa shape index (κ2) is 6.18. The first-order chi connectivity index (χ1) is 9.58. The number of para-hydroxylation sites is 1. The van der Waals surface area contributed by atoms with Gasteiger partial charge in [0, 0.05) is 6.54 Å². The molecule has 6 heteroatoms. The lowest BCUT2D eigenvalue weighted by Crippen LogP contribution is -2.26. The highest BCUT2D eigenvalue weighted by Gasteiger charge is 2.13. The van der Waals surface area contributed by atoms with E-state index in [0.717, 1.165) is 6.42 Å². The van der Waals surface area contributed by atoms with Crippen LogP contribution in [0.4, 0.5) is 0 Å². The molecule has 0 saturated carbocycles. The number of hydrogen-bond acceptors (Lipinski definition) is 3. The van der Waals surface area contributed by atoms with Gasteiger partial charge in [0.25, 0.3) is 5.91 Å². The maximum Gasteiger partial charge on any atom is 0.348 e. The van der Waals surface area contributed by atoms with Gasteiger partial charge < -0.3 is 5.32 Å². The van der Waals surface area contributed by atoms with Gasteiger partial charge in [0.1, 0.15) is 0 Å². The van der Waals surface area contributed by atoms with Gasteiger partial charge in [-0.3, -0.25) is 9.78 Å². The molecule has 2 aromatic rings. The Bertz CT molecular complexity index is 628. The van der Waals surface area contributed by atoms with E-state index in [1.165, 1.54) is 4.68 Å². The summed E-state index contributed by atoms with van der Waals surface area (Å²) in [4.78, 5) is 26.1. The molecule has 6 nitrogen and oxygen atoms in total. The Morgan fingerprint density at radius 3 is 2.70 bits per heavy atom. The summed E-state index contributed by atoms with van der Waals surface area (Å²) < 4.78 is 1.18. The fraction of sp³-hybridized carbons (Fsp3) is 0.357. The fourth-order valence-corrected chi connectivity index (χ4v) is 1.73. The van der Waals surface area contributed by atoms with Gasteiger partial charge >= 0.3 is 5.69 Å². The second-order valence-electron chi connectivity index (χ2n) is 4.96. The highest BCUT2D eigenvalue weighted by atomic mass is 16.2. The molecule has 0 bridgehead atoms. The van der Waals surface area contributed by atoms with Gasteiger partial charge in [0.05, 0.1) is 5.69 Å². The molecule has 0 aliphatic carbocycles. The number of amides is 1. The van der Waals surface area contributed by atoms with Gasteiger partial charge in [0.2, 0.25) is 5.82 Å². The summed E-state index contributed by atoms with van der Waals surface area (Å²) in [6.07, 6.45) is 0.884. The van der Waals surface area contributed by atoms with Crippen molar-refractivity contribution in [1.82, 2.24) is 20.1 Å². The average Bonchev–Trinajstić information content (AvgIpc) is 2.81. The predicted molar refractivity (Wildman–Crippen MR) is 76.0 cm³/mol. The third-order valence-electron chi connectivity index (χ3n) is 2.84. The molecule has 0 spiro atoms. The van der Waals surface area contributed by atoms with Crippen LogP contribution in [0.3, 0.4) is 0 Å². The normalized spacial score (nSPS) is 10.8. The van der Waals surface area contributed by atoms with E-state index in [4.69, 9.17) is 0 Å². The number of benzene rings is 1. The van der Waals surface area contributed by atoms with E-state index in [9.17, 15) is 9.59 Å². The molecule has 2 rings (SSSR count). The van der Waals surface area contributed by atoms with Crippen LogP contribution in [-0.2, 0) is 0 Å². The van der Waals surface area contributed by atoms with Crippen molar-refractivity contribution in [3.63, 3.8) is 0 Å². The summed E-state index contributed by atoms with van der Waals surface area (Å²) in [5, 5.41) is 6.75. The predicted octanol–water partition coefficient (Wildman–Crippen LogP) is 1.34. The molecule has 1 aromatic heterocycles. The monoisotopic (exact) mass is 274 g/mol. The highest BCUT2D eigenvalue weighted by Crippen LogP contribution is 2.02. The zero-order chi connectivity index (χ0) is 14.5. The lowest BCUT2D eigenvalue weighted by atomic mass is 10.1. The number of hydrogen-bond donors (Lipinski definition) is 2. The first-order valence-corrected chi connectivity index (χ1v) is 6.61. The van der Waals surface area contributed by atoms with Crippen molar-refractivity contribution in [2.24, 2.45) is 5.92 Å². The van der Waals surface area contributed by atoms with Crippen molar-refractivity contribution in [2.75, 3.05) is 6.54 Å². The second-order valence-corrected chi connectivity index (χ2v) is 4.96. The van der Waals surface area contributed by atoms with E-state index in [1.54, 1.807) is 24.3 Å². The van der Waals surface area contributed by atoms with Crippen LogP contribution in [0.1, 0.15) is 30.9 Å². The Hall–Kier alpha value is -2.37. The van der Waals surface area contributed by atoms with Crippen molar-refractivity contribution < 1.29 is 4.79 Å². The van der Waals surface area contributed by atoms with Crippen LogP contribution in [0.25, 0.3) is 5.69 Å². The Labute approximate surface area is 116 Å². The summed E-state index contributed by atoms with van der Waals surface area (Å²) in [6.45, 7) is 4.73. The molecule has 0 unspecified atom stereocenters. The van der Waals surface area contributed by atoms with E-state index < -0.39 is 5.69 Å². The van der Waals surface area contributed by atoms with E-state index >= 15 is 0 Å². The Kier molecular flexibility index (Phi) is 4.34. The largest absolute Gasteiger partial charge is 0.349 e. The Morgan fingerprint density at radius 2 is 2.05 bits per heavy atom. The fourth-order valence-electron chi connectivity index (χ4n) is 1.73. The number of nitrogens with one attached hydrogen (secondary N) is 2. The first kappa shape index (κ1) is 14.0. The van der Waals surface area contributed by atoms with Gasteiger partial charge in [-0.05, 0) is 24.5 Å². The smallest absolute Gasteiger partial charge is 0.348 e. The molecular formula is C14H18N4O2. The van der Waals surface area contributed by atoms with Crippen LogP contribution in [0.5, 0.6) is 0 Å². The van der Waals surface area contributed by atoms with Gasteiger partial charge in [0.15, 0.2) is 0 Å². The van der Waals surface area contributed by atoms with E-state index in [-0.39, 0.29) is 11.7 Å². The Balaban J connectivity index is 2.11. The summed E-state index contributed by atoms with van der Waals surface area (Å²) >= 11 is 0. The lowest BCUT2D eigenvalue weighted by molar-refractivity contribution is 0.0941. The molecule has 0 aliphatic rings. The minimum atomic E-state index is -0.426. The van der Waals surface area contributed by atoms with Crippen molar-refractivity contribution in [3.05, 3.63) is 46.6 Å². The average molecular weight is 274 g/mol. The zero-order valence-corrected chi connectivity index (χ0v) is 11.6. The zero-order valence-electron chi connectivity index (χ0n) is 11.6. The number of nitrogens with zero attached hydrogens (tertiary/aromatic N) is 2. The number of carbonyl (C=O) groups excluding carboxylic acids is 1. The van der Waals surface area contributed by atoms with Crippen LogP contribution in [0.2, 0.25) is 0 Å². The molecule has 1 aromatic carbocycles. The molecule has 0 radical (unpaired) electrons. The van der Waals surface area contributed by atoms with Gasteiger partial charge in [-0.15, -0.1) is 5.10 Å². The lowest BCUT2D eigenvalue weighted by Gasteiger charge is -2.04. The maximum atomic E-state index is 11.9. The van der Waals surface area contributed by atoms with Crippen LogP contribution >= 0.6 is 0 Å². The molecule has 20 heavy (non-hydrogen) atoms. The molecule has 1 amide bonds. The van der Waals surface area contributed by atoms with Gasteiger partial charge in [-0.1, -0.05) is 32.0 Å². The maximum absolute atomic E-state index is 11.9. The molecule has 0 atom stereocenters. The topological polar surface area (TPSA) is 79.8 Å². The van der Waals surface area contributed by atoms with Gasteiger partial charge in [-0.25, -0.2) is 4.79 Å². The number of carbonyl (C=O) groups is 1. The third-order valence-corrected chi connectivity index (χ3v) is 2.84. The molecule has 106 valence electrons. The van der Waals surface area contributed by atoms with Crippen molar-refractivity contribution in [3.8, 4) is 5.69 Å². The molecule has 0 saturated heterocycles. The van der Waals surface area contributed by atoms with Crippen LogP contribution in [0.15, 0.2) is 35.1 Å². The van der Waals surface area contributed by atoms with Crippen LogP contribution in [0, 0.1) is 5.92 Å². The van der Waals surface area contributed by atoms with Crippen LogP contribution < -0.4 is 11.0 Å². The summed E-state index contributed by atoms with van der Waals surface area (Å²) in [5.74, 6) is 0.177. The van der Waals surface area contributed by atoms with E-state index in [2.05, 4.69) is 29.2 Å². The van der Waals surface area contributed by atoms with E-state index in [0.29, 0.717) is 18.2 Å². The quantitative estimate of drug-likeness (QED) is 0.863. The highest BCUT2D eigenvalue weighted by molar-refractivity contribution is 5.90. The molecule has 0 fully saturated rings. The van der Waals surface area contributed by atoms with Crippen LogP contribution in [-0.4, -0.2) is 27.2 Å². The van der Waals surface area contributed by atoms with Crippen molar-refractivity contribution >= 4 is 5.91 Å². The minimum Gasteiger partial charge on any atom is -0.349 e. The minimum absolute atomic E-state index is 0.0302. The molecule has 0 aliphatic heterocycles. The standard InChI is InChI=1S/C14H18N4O2/c1-10(2)8-9-15-13(19)12-16-14(20)18(17-12)11-6-4-3-5-7-11/h3-7,10H,8-9H2,1-2H3,(H,15,19)(H,16,17,20).